The van der Waals surface area contributed by atoms with Crippen molar-refractivity contribution >= 4 is 45.6 Å². The summed E-state index contributed by atoms with van der Waals surface area (Å²) in [7, 11) is -4.25. The Bertz CT molecular complexity index is 989. The highest BCUT2D eigenvalue weighted by Gasteiger charge is 2.40. The van der Waals surface area contributed by atoms with E-state index in [4.69, 9.17) is 32.7 Å². The second kappa shape index (κ2) is 10.2. The van der Waals surface area contributed by atoms with E-state index in [-0.39, 0.29) is 12.5 Å². The summed E-state index contributed by atoms with van der Waals surface area (Å²) in [5, 5.41) is 0.747. The summed E-state index contributed by atoms with van der Waals surface area (Å²) in [4.78, 5) is 26.2. The molecule has 0 aliphatic carbocycles. The van der Waals surface area contributed by atoms with Crippen molar-refractivity contribution in [2.75, 3.05) is 13.1 Å². The first-order chi connectivity index (χ1) is 15.0. The first-order valence-electron chi connectivity index (χ1n) is 10.4. The van der Waals surface area contributed by atoms with Gasteiger partial charge in [-0.05, 0) is 65.7 Å². The topological polar surface area (TPSA) is 114 Å². The molecule has 186 valence electrons. The van der Waals surface area contributed by atoms with Gasteiger partial charge in [-0.25, -0.2) is 14.3 Å². The van der Waals surface area contributed by atoms with Gasteiger partial charge in [-0.3, -0.25) is 0 Å². The number of hydrogen-bond donors (Lipinski definition) is 2. The Morgan fingerprint density at radius 2 is 1.67 bits per heavy atom. The lowest BCUT2D eigenvalue weighted by molar-refractivity contribution is 0.0222. The first-order valence-corrected chi connectivity index (χ1v) is 12.7. The van der Waals surface area contributed by atoms with Crippen molar-refractivity contribution in [3.05, 3.63) is 33.8 Å². The van der Waals surface area contributed by atoms with Crippen LogP contribution >= 0.6 is 23.2 Å². The van der Waals surface area contributed by atoms with Gasteiger partial charge in [0.1, 0.15) is 11.2 Å². The van der Waals surface area contributed by atoms with Crippen molar-refractivity contribution in [3.63, 3.8) is 0 Å². The molecule has 12 heteroatoms. The van der Waals surface area contributed by atoms with Crippen LogP contribution in [-0.2, 0) is 19.7 Å². The molecule has 1 aliphatic rings. The number of carbonyl (C=O) groups is 2. The van der Waals surface area contributed by atoms with Crippen LogP contribution in [0.1, 0.15) is 59.4 Å². The molecule has 9 nitrogen and oxygen atoms in total. The first kappa shape index (κ1) is 27.5. The average molecular weight is 524 g/mol. The number of carbonyl (C=O) groups excluding carboxylic acids is 2. The van der Waals surface area contributed by atoms with Crippen LogP contribution in [0.25, 0.3) is 0 Å². The zero-order valence-corrected chi connectivity index (χ0v) is 21.9. The molecule has 2 rings (SSSR count). The second-order valence-electron chi connectivity index (χ2n) is 9.77. The van der Waals surface area contributed by atoms with E-state index in [2.05, 4.69) is 4.72 Å². The number of nitrogens with zero attached hydrogens (tertiary/aromatic N) is 1. The summed E-state index contributed by atoms with van der Waals surface area (Å²) in [5.41, 5.74) is -0.779. The molecule has 1 aliphatic heterocycles. The van der Waals surface area contributed by atoms with Crippen molar-refractivity contribution in [2.45, 2.75) is 71.1 Å². The molecule has 0 unspecified atom stereocenters. The zero-order valence-electron chi connectivity index (χ0n) is 19.6. The van der Waals surface area contributed by atoms with E-state index in [0.717, 1.165) is 5.56 Å². The van der Waals surface area contributed by atoms with Crippen LogP contribution in [0.15, 0.2) is 18.2 Å². The maximum Gasteiger partial charge on any atom is 0.422 e. The van der Waals surface area contributed by atoms with Gasteiger partial charge >= 0.3 is 22.4 Å². The smallest absolute Gasteiger partial charge is 0.422 e. The lowest BCUT2D eigenvalue weighted by Gasteiger charge is -2.31. The van der Waals surface area contributed by atoms with Gasteiger partial charge in [-0.15, -0.1) is 0 Å². The second-order valence-corrected chi connectivity index (χ2v) is 12.1. The molecular formula is C21H31Cl2N3O6S. The summed E-state index contributed by atoms with van der Waals surface area (Å²) in [6.07, 6.45) is -1.11. The quantitative estimate of drug-likeness (QED) is 0.589. The van der Waals surface area contributed by atoms with E-state index in [9.17, 15) is 18.0 Å². The van der Waals surface area contributed by atoms with Gasteiger partial charge in [0, 0.05) is 19.0 Å². The molecule has 33 heavy (non-hydrogen) atoms. The molecule has 2 N–H and O–H groups in total. The minimum absolute atomic E-state index is 0.164. The highest BCUT2D eigenvalue weighted by Crippen LogP contribution is 2.36. The molecule has 0 spiro atoms. The fourth-order valence-electron chi connectivity index (χ4n) is 3.42. The molecular weight excluding hydrogens is 493 g/mol. The fourth-order valence-corrected chi connectivity index (χ4v) is 4.45. The Morgan fingerprint density at radius 3 is 2.21 bits per heavy atom. The molecule has 1 heterocycles. The van der Waals surface area contributed by atoms with Crippen LogP contribution in [-0.4, -0.2) is 55.8 Å². The largest absolute Gasteiger partial charge is 0.444 e. The SMILES string of the molecule is CC(C)(C)OC(=O)NS(=O)(=O)NC[C@H]1[C@H](c2ccc(Cl)c(Cl)c2)CCN1C(=O)OC(C)(C)C. The lowest BCUT2D eigenvalue weighted by Crippen LogP contribution is -2.50. The number of halogens is 2. The maximum absolute atomic E-state index is 12.8. The molecule has 1 aromatic rings. The summed E-state index contributed by atoms with van der Waals surface area (Å²) in [6.45, 7) is 10.3. The Morgan fingerprint density at radius 1 is 1.06 bits per heavy atom. The van der Waals surface area contributed by atoms with Gasteiger partial charge in [-0.2, -0.15) is 13.1 Å². The molecule has 1 fully saturated rings. The number of hydrogen-bond acceptors (Lipinski definition) is 6. The van der Waals surface area contributed by atoms with Crippen LogP contribution in [0, 0.1) is 0 Å². The Balaban J connectivity index is 2.23. The van der Waals surface area contributed by atoms with Crippen molar-refractivity contribution in [3.8, 4) is 0 Å². The molecule has 2 atom stereocenters. The monoisotopic (exact) mass is 523 g/mol. The number of rotatable bonds is 5. The average Bonchev–Trinajstić information content (AvgIpc) is 3.03. The van der Waals surface area contributed by atoms with E-state index in [1.807, 2.05) is 4.72 Å². The number of nitrogens with one attached hydrogen (secondary N) is 2. The summed E-state index contributed by atoms with van der Waals surface area (Å²) >= 11 is 12.2. The van der Waals surface area contributed by atoms with Gasteiger partial charge in [0.15, 0.2) is 0 Å². The van der Waals surface area contributed by atoms with Crippen molar-refractivity contribution < 1.29 is 27.5 Å². The number of benzene rings is 1. The van der Waals surface area contributed by atoms with Crippen LogP contribution in [0.2, 0.25) is 10.0 Å². The Labute approximate surface area is 205 Å². The predicted molar refractivity (Wildman–Crippen MR) is 127 cm³/mol. The molecule has 2 amide bonds. The van der Waals surface area contributed by atoms with E-state index >= 15 is 0 Å². The molecule has 0 radical (unpaired) electrons. The third-order valence-electron chi connectivity index (χ3n) is 4.64. The maximum atomic E-state index is 12.8. The molecule has 1 aromatic carbocycles. The number of amides is 2. The summed E-state index contributed by atoms with van der Waals surface area (Å²) < 4.78 is 39.5. The highest BCUT2D eigenvalue weighted by molar-refractivity contribution is 7.88. The van der Waals surface area contributed by atoms with E-state index in [1.165, 1.54) is 4.90 Å². The number of ether oxygens (including phenoxy) is 2. The third-order valence-corrected chi connectivity index (χ3v) is 6.37. The van der Waals surface area contributed by atoms with E-state index < -0.39 is 39.6 Å². The molecule has 0 saturated carbocycles. The molecule has 1 saturated heterocycles. The highest BCUT2D eigenvalue weighted by atomic mass is 35.5. The standard InChI is InChI=1S/C21H31Cl2N3O6S/c1-20(2,3)31-18(27)25-33(29,30)24-12-17-14(13-7-8-15(22)16(23)11-13)9-10-26(17)19(28)32-21(4,5)6/h7-8,11,14,17,24H,9-10,12H2,1-6H3,(H,25,27)/t14-,17-/m0/s1. The summed E-state index contributed by atoms with van der Waals surface area (Å²) in [6, 6.07) is 4.55. The van der Waals surface area contributed by atoms with Crippen molar-refractivity contribution in [2.24, 2.45) is 0 Å². The van der Waals surface area contributed by atoms with Crippen molar-refractivity contribution in [1.82, 2.24) is 14.3 Å². The minimum Gasteiger partial charge on any atom is -0.444 e. The van der Waals surface area contributed by atoms with Crippen LogP contribution in [0.3, 0.4) is 0 Å². The van der Waals surface area contributed by atoms with Gasteiger partial charge in [0.25, 0.3) is 0 Å². The van der Waals surface area contributed by atoms with Crippen LogP contribution in [0.4, 0.5) is 9.59 Å². The number of likely N-dealkylation sites (tertiary alicyclic amines) is 1. The molecule has 0 bridgehead atoms. The normalized spacial score (nSPS) is 19.3. The predicted octanol–water partition coefficient (Wildman–Crippen LogP) is 4.45. The van der Waals surface area contributed by atoms with Gasteiger partial charge in [0.2, 0.25) is 0 Å². The van der Waals surface area contributed by atoms with Gasteiger partial charge in [0.05, 0.1) is 16.1 Å². The van der Waals surface area contributed by atoms with Gasteiger partial charge < -0.3 is 14.4 Å². The van der Waals surface area contributed by atoms with Crippen LogP contribution < -0.4 is 9.44 Å². The fraction of sp³-hybridized carbons (Fsp3) is 0.619. The summed E-state index contributed by atoms with van der Waals surface area (Å²) in [5.74, 6) is -0.239. The van der Waals surface area contributed by atoms with E-state index in [0.29, 0.717) is 23.0 Å². The third kappa shape index (κ3) is 8.51. The van der Waals surface area contributed by atoms with Crippen LogP contribution in [0.5, 0.6) is 0 Å². The van der Waals surface area contributed by atoms with E-state index in [1.54, 1.807) is 59.7 Å². The zero-order chi connectivity index (χ0) is 25.2. The Kier molecular flexibility index (Phi) is 8.54. The van der Waals surface area contributed by atoms with Gasteiger partial charge in [-0.1, -0.05) is 29.3 Å². The minimum atomic E-state index is -4.25. The molecule has 0 aromatic heterocycles. The lowest BCUT2D eigenvalue weighted by atomic mass is 9.92. The van der Waals surface area contributed by atoms with Crippen molar-refractivity contribution in [1.29, 1.82) is 0 Å². The Hall–Kier alpha value is -1.75.